The number of hydrogen-bond donors (Lipinski definition) is 2. The molecule has 2 heterocycles. The van der Waals surface area contributed by atoms with Gasteiger partial charge in [-0.1, -0.05) is 51.1 Å². The summed E-state index contributed by atoms with van der Waals surface area (Å²) >= 11 is 0. The van der Waals surface area contributed by atoms with Gasteiger partial charge in [0.15, 0.2) is 0 Å². The number of rotatable bonds is 8. The molecular formula is C28H31F3N4O3. The Morgan fingerprint density at radius 3 is 2.47 bits per heavy atom. The number of alkyl halides is 3. The summed E-state index contributed by atoms with van der Waals surface area (Å²) in [6.07, 6.45) is -1.86. The molecule has 1 aromatic heterocycles. The molecule has 1 aliphatic rings. The Morgan fingerprint density at radius 2 is 1.87 bits per heavy atom. The number of carbonyl (C=O) groups excluding carboxylic acids is 2. The Balaban J connectivity index is 1.58. The number of H-pyrrole nitrogens is 1. The molecule has 2 aromatic carbocycles. The smallest absolute Gasteiger partial charge is 0.405 e. The van der Waals surface area contributed by atoms with Crippen molar-refractivity contribution in [2.24, 2.45) is 11.8 Å². The van der Waals surface area contributed by atoms with E-state index >= 15 is 0 Å². The van der Waals surface area contributed by atoms with Crippen LogP contribution in [0.15, 0.2) is 48.7 Å². The highest BCUT2D eigenvalue weighted by Crippen LogP contribution is 2.37. The van der Waals surface area contributed by atoms with Crippen LogP contribution in [-0.4, -0.2) is 53.1 Å². The van der Waals surface area contributed by atoms with Gasteiger partial charge in [0.25, 0.3) is 0 Å². The molecule has 0 bridgehead atoms. The summed E-state index contributed by atoms with van der Waals surface area (Å²) in [6.45, 7) is 6.80. The van der Waals surface area contributed by atoms with E-state index in [1.54, 1.807) is 37.5 Å². The van der Waals surface area contributed by atoms with Gasteiger partial charge in [-0.25, -0.2) is 4.98 Å². The number of hydrogen-bond acceptors (Lipinski definition) is 5. The number of aldehydes is 1. The molecule has 202 valence electrons. The quantitative estimate of drug-likeness (QED) is 0.371. The number of ether oxygens (including phenoxy) is 1. The molecule has 1 fully saturated rings. The maximum atomic E-state index is 13.3. The Hall–Kier alpha value is -3.66. The Kier molecular flexibility index (Phi) is 7.91. The van der Waals surface area contributed by atoms with Gasteiger partial charge in [0, 0.05) is 29.4 Å². The first-order valence-corrected chi connectivity index (χ1v) is 12.5. The van der Waals surface area contributed by atoms with Gasteiger partial charge in [0.05, 0.1) is 17.8 Å². The normalized spacial score (nSPS) is 18.6. The summed E-state index contributed by atoms with van der Waals surface area (Å²) in [5.41, 5.74) is 2.21. The van der Waals surface area contributed by atoms with Crippen molar-refractivity contribution in [1.82, 2.24) is 20.2 Å². The van der Waals surface area contributed by atoms with Crippen LogP contribution in [-0.2, 0) is 4.79 Å². The molecule has 1 aliphatic heterocycles. The van der Waals surface area contributed by atoms with Gasteiger partial charge in [0.1, 0.15) is 17.9 Å². The molecule has 1 amide bonds. The van der Waals surface area contributed by atoms with Crippen molar-refractivity contribution in [3.8, 4) is 28.1 Å². The molecule has 1 saturated heterocycles. The van der Waals surface area contributed by atoms with Crippen LogP contribution < -0.4 is 10.1 Å². The number of aromatic nitrogens is 2. The predicted octanol–water partition coefficient (Wildman–Crippen LogP) is 5.61. The number of nitrogens with zero attached hydrogens (tertiary/aromatic N) is 2. The average molecular weight is 529 g/mol. The monoisotopic (exact) mass is 528 g/mol. The fourth-order valence-corrected chi connectivity index (χ4v) is 5.00. The average Bonchev–Trinajstić information content (AvgIpc) is 3.50. The molecule has 0 saturated carbocycles. The van der Waals surface area contributed by atoms with Crippen molar-refractivity contribution in [2.75, 3.05) is 13.6 Å². The van der Waals surface area contributed by atoms with E-state index in [2.05, 4.69) is 22.0 Å². The zero-order valence-corrected chi connectivity index (χ0v) is 21.7. The van der Waals surface area contributed by atoms with Gasteiger partial charge >= 0.3 is 6.36 Å². The van der Waals surface area contributed by atoms with Crippen molar-refractivity contribution in [2.45, 2.75) is 45.6 Å². The topological polar surface area (TPSA) is 87.3 Å². The fourth-order valence-electron chi connectivity index (χ4n) is 5.00. The van der Waals surface area contributed by atoms with Crippen LogP contribution >= 0.6 is 0 Å². The fraction of sp³-hybridized carbons (Fsp3) is 0.393. The number of likely N-dealkylation sites (tertiary alicyclic amines) is 1. The lowest BCUT2D eigenvalue weighted by atomic mass is 10.0. The van der Waals surface area contributed by atoms with E-state index in [0.29, 0.717) is 35.8 Å². The van der Waals surface area contributed by atoms with Gasteiger partial charge in [-0.05, 0) is 43.0 Å². The van der Waals surface area contributed by atoms with Gasteiger partial charge in [0.2, 0.25) is 5.91 Å². The van der Waals surface area contributed by atoms with Crippen LogP contribution in [0.25, 0.3) is 22.4 Å². The zero-order chi connectivity index (χ0) is 27.6. The van der Waals surface area contributed by atoms with E-state index in [0.717, 1.165) is 18.1 Å². The molecule has 0 aliphatic carbocycles. The Morgan fingerprint density at radius 1 is 1.18 bits per heavy atom. The summed E-state index contributed by atoms with van der Waals surface area (Å²) in [7, 11) is 1.79. The lowest BCUT2D eigenvalue weighted by Crippen LogP contribution is -2.48. The summed E-state index contributed by atoms with van der Waals surface area (Å²) in [5.74, 6) is 0.784. The van der Waals surface area contributed by atoms with Crippen molar-refractivity contribution in [1.29, 1.82) is 0 Å². The standard InChI is InChI=1S/C28H31F3N4O3/c1-16(2)25(32-4)27(37)35-14-17(3)11-23(35)26-33-13-22(34-26)20-8-6-19(7-9-20)21-10-5-18(15-36)12-24(21)38-28(29,30)31/h5-10,12-13,15-17,23,25,32H,11,14H2,1-4H3,(H,33,34)/t17?,23?,25-/m0/s1. The predicted molar refractivity (Wildman–Crippen MR) is 137 cm³/mol. The van der Waals surface area contributed by atoms with E-state index in [9.17, 15) is 22.8 Å². The summed E-state index contributed by atoms with van der Waals surface area (Å²) < 4.78 is 43.0. The third kappa shape index (κ3) is 5.91. The molecule has 3 atom stereocenters. The summed E-state index contributed by atoms with van der Waals surface area (Å²) in [6, 6.07) is 10.4. The molecule has 38 heavy (non-hydrogen) atoms. The van der Waals surface area contributed by atoms with Gasteiger partial charge in [-0.3, -0.25) is 9.59 Å². The highest BCUT2D eigenvalue weighted by atomic mass is 19.4. The number of carbonyl (C=O) groups is 2. The molecule has 0 radical (unpaired) electrons. The minimum Gasteiger partial charge on any atom is -0.405 e. The molecule has 3 aromatic rings. The van der Waals surface area contributed by atoms with E-state index in [1.165, 1.54) is 12.1 Å². The molecule has 10 heteroatoms. The molecule has 2 N–H and O–H groups in total. The molecule has 0 spiro atoms. The first-order valence-electron chi connectivity index (χ1n) is 12.5. The number of benzene rings is 2. The maximum absolute atomic E-state index is 13.3. The first-order chi connectivity index (χ1) is 18.0. The van der Waals surface area contributed by atoms with Crippen LogP contribution in [0.3, 0.4) is 0 Å². The number of imidazole rings is 1. The van der Waals surface area contributed by atoms with Crippen LogP contribution in [0, 0.1) is 11.8 Å². The molecule has 4 rings (SSSR count). The second-order valence-corrected chi connectivity index (χ2v) is 10.0. The van der Waals surface area contributed by atoms with Crippen molar-refractivity contribution < 1.29 is 27.5 Å². The lowest BCUT2D eigenvalue weighted by Gasteiger charge is -2.29. The first kappa shape index (κ1) is 27.4. The van der Waals surface area contributed by atoms with E-state index in [1.807, 2.05) is 18.7 Å². The third-order valence-corrected chi connectivity index (χ3v) is 6.81. The Labute approximate surface area is 219 Å². The highest BCUT2D eigenvalue weighted by molar-refractivity contribution is 5.83. The van der Waals surface area contributed by atoms with E-state index in [4.69, 9.17) is 4.98 Å². The molecular weight excluding hydrogens is 497 g/mol. The zero-order valence-electron chi connectivity index (χ0n) is 21.7. The number of halogens is 3. The number of amides is 1. The second-order valence-electron chi connectivity index (χ2n) is 10.0. The molecule has 2 unspecified atom stereocenters. The van der Waals surface area contributed by atoms with Crippen molar-refractivity contribution >= 4 is 12.2 Å². The van der Waals surface area contributed by atoms with E-state index in [-0.39, 0.29) is 35.0 Å². The van der Waals surface area contributed by atoms with E-state index < -0.39 is 12.1 Å². The lowest BCUT2D eigenvalue weighted by molar-refractivity contribution is -0.274. The van der Waals surface area contributed by atoms with Crippen LogP contribution in [0.1, 0.15) is 49.4 Å². The third-order valence-electron chi connectivity index (χ3n) is 6.81. The minimum absolute atomic E-state index is 0.0524. The minimum atomic E-state index is -4.89. The van der Waals surface area contributed by atoms with Gasteiger partial charge < -0.3 is 19.9 Å². The van der Waals surface area contributed by atoms with Gasteiger partial charge in [-0.2, -0.15) is 0 Å². The Bertz CT molecular complexity index is 1290. The van der Waals surface area contributed by atoms with Crippen LogP contribution in [0.4, 0.5) is 13.2 Å². The molecule has 7 nitrogen and oxygen atoms in total. The van der Waals surface area contributed by atoms with Gasteiger partial charge in [-0.15, -0.1) is 13.2 Å². The maximum Gasteiger partial charge on any atom is 0.573 e. The van der Waals surface area contributed by atoms with Crippen LogP contribution in [0.2, 0.25) is 0 Å². The largest absolute Gasteiger partial charge is 0.573 e. The number of aromatic amines is 1. The second kappa shape index (κ2) is 11.0. The highest BCUT2D eigenvalue weighted by Gasteiger charge is 2.39. The van der Waals surface area contributed by atoms with Crippen LogP contribution in [0.5, 0.6) is 5.75 Å². The number of nitrogens with one attached hydrogen (secondary N) is 2. The SMILES string of the molecule is CN[C@H](C(=O)N1CC(C)CC1c1nc(-c2ccc(-c3ccc(C=O)cc3OC(F)(F)F)cc2)c[nH]1)C(C)C. The summed E-state index contributed by atoms with van der Waals surface area (Å²) in [5, 5.41) is 3.13. The number of likely N-dealkylation sites (N-methyl/N-ethyl adjacent to an activating group) is 1. The summed E-state index contributed by atoms with van der Waals surface area (Å²) in [4.78, 5) is 34.2. The van der Waals surface area contributed by atoms with Crippen molar-refractivity contribution in [3.05, 3.63) is 60.0 Å². The van der Waals surface area contributed by atoms with Crippen molar-refractivity contribution in [3.63, 3.8) is 0 Å².